The number of H-pyrrole nitrogens is 1. The van der Waals surface area contributed by atoms with Crippen LogP contribution in [-0.2, 0) is 23.5 Å². The van der Waals surface area contributed by atoms with E-state index in [0.717, 1.165) is 16.9 Å². The Morgan fingerprint density at radius 3 is 2.86 bits per heavy atom. The summed E-state index contributed by atoms with van der Waals surface area (Å²) in [6.45, 7) is 0.382. The lowest BCUT2D eigenvalue weighted by Crippen LogP contribution is -2.25. The molecule has 3 aromatic rings. The first kappa shape index (κ1) is 19.6. The Morgan fingerprint density at radius 2 is 2.07 bits per heavy atom. The van der Waals surface area contributed by atoms with Gasteiger partial charge in [-0.1, -0.05) is 30.0 Å². The fourth-order valence-corrected chi connectivity index (χ4v) is 3.32. The molecule has 0 radical (unpaired) electrons. The zero-order valence-corrected chi connectivity index (χ0v) is 16.2. The molecule has 1 amide bonds. The SMILES string of the molecule is COc1cccc(CSc2nc(CC(=O)NCc3cccnc3)cc(=O)[nH]2)c1. The van der Waals surface area contributed by atoms with Gasteiger partial charge in [-0.2, -0.15) is 0 Å². The summed E-state index contributed by atoms with van der Waals surface area (Å²) in [5.74, 6) is 1.20. The summed E-state index contributed by atoms with van der Waals surface area (Å²) < 4.78 is 5.21. The molecule has 2 N–H and O–H groups in total. The molecule has 0 fully saturated rings. The maximum Gasteiger partial charge on any atom is 0.251 e. The Hall–Kier alpha value is -3.13. The van der Waals surface area contributed by atoms with Gasteiger partial charge >= 0.3 is 0 Å². The third-order valence-electron chi connectivity index (χ3n) is 3.84. The fraction of sp³-hybridized carbons (Fsp3) is 0.200. The molecule has 0 bridgehead atoms. The molecule has 0 spiro atoms. The molecule has 0 atom stereocenters. The van der Waals surface area contributed by atoms with E-state index in [-0.39, 0.29) is 17.9 Å². The highest BCUT2D eigenvalue weighted by Gasteiger charge is 2.08. The van der Waals surface area contributed by atoms with Gasteiger partial charge in [0.2, 0.25) is 5.91 Å². The number of carbonyl (C=O) groups is 1. The van der Waals surface area contributed by atoms with Crippen molar-refractivity contribution in [2.45, 2.75) is 23.9 Å². The minimum absolute atomic E-state index is 0.0386. The lowest BCUT2D eigenvalue weighted by atomic mass is 10.2. The number of aromatic nitrogens is 3. The topological polar surface area (TPSA) is 97.0 Å². The molecule has 0 saturated heterocycles. The monoisotopic (exact) mass is 396 g/mol. The number of methoxy groups -OCH3 is 1. The molecule has 3 rings (SSSR count). The standard InChI is InChI=1S/C20H20N4O3S/c1-27-17-6-2-4-14(8-17)13-28-20-23-16(10-19(26)24-20)9-18(25)22-12-15-5-3-7-21-11-15/h2-8,10-11H,9,12-13H2,1H3,(H,22,25)(H,23,24,26). The molecular formula is C20H20N4O3S. The van der Waals surface area contributed by atoms with Crippen LogP contribution in [0.1, 0.15) is 16.8 Å². The molecule has 1 aromatic carbocycles. The summed E-state index contributed by atoms with van der Waals surface area (Å²) >= 11 is 1.40. The summed E-state index contributed by atoms with van der Waals surface area (Å²) in [5, 5.41) is 3.28. The van der Waals surface area contributed by atoms with E-state index in [0.29, 0.717) is 23.1 Å². The third kappa shape index (κ3) is 5.95. The van der Waals surface area contributed by atoms with Gasteiger partial charge in [-0.15, -0.1) is 0 Å². The number of rotatable bonds is 8. The highest BCUT2D eigenvalue weighted by Crippen LogP contribution is 2.21. The number of hydrogen-bond donors (Lipinski definition) is 2. The van der Waals surface area contributed by atoms with Gasteiger partial charge in [0.05, 0.1) is 19.2 Å². The smallest absolute Gasteiger partial charge is 0.251 e. The van der Waals surface area contributed by atoms with Crippen LogP contribution in [0, 0.1) is 0 Å². The minimum Gasteiger partial charge on any atom is -0.497 e. The number of pyridine rings is 1. The number of benzene rings is 1. The Morgan fingerprint density at radius 1 is 1.21 bits per heavy atom. The fourth-order valence-electron chi connectivity index (χ4n) is 2.49. The number of nitrogens with one attached hydrogen (secondary N) is 2. The molecule has 8 heteroatoms. The van der Waals surface area contributed by atoms with E-state index in [1.54, 1.807) is 19.5 Å². The molecule has 2 aromatic heterocycles. The van der Waals surface area contributed by atoms with Crippen molar-refractivity contribution in [3.8, 4) is 5.75 Å². The van der Waals surface area contributed by atoms with Crippen molar-refractivity contribution < 1.29 is 9.53 Å². The predicted molar refractivity (Wildman–Crippen MR) is 107 cm³/mol. The molecule has 0 saturated carbocycles. The van der Waals surface area contributed by atoms with Crippen LogP contribution < -0.4 is 15.6 Å². The molecule has 0 aliphatic rings. The van der Waals surface area contributed by atoms with E-state index in [9.17, 15) is 9.59 Å². The van der Waals surface area contributed by atoms with Crippen molar-refractivity contribution in [1.29, 1.82) is 0 Å². The van der Waals surface area contributed by atoms with Crippen molar-refractivity contribution in [2.75, 3.05) is 7.11 Å². The summed E-state index contributed by atoms with van der Waals surface area (Å²) in [4.78, 5) is 35.2. The lowest BCUT2D eigenvalue weighted by molar-refractivity contribution is -0.120. The summed E-state index contributed by atoms with van der Waals surface area (Å²) in [6.07, 6.45) is 3.41. The van der Waals surface area contributed by atoms with Gasteiger partial charge in [0.1, 0.15) is 5.75 Å². The van der Waals surface area contributed by atoms with Crippen molar-refractivity contribution in [3.63, 3.8) is 0 Å². The van der Waals surface area contributed by atoms with Crippen LogP contribution >= 0.6 is 11.8 Å². The number of thioether (sulfide) groups is 1. The average Bonchev–Trinajstić information content (AvgIpc) is 2.71. The van der Waals surface area contributed by atoms with Gasteiger partial charge in [0.25, 0.3) is 5.56 Å². The van der Waals surface area contributed by atoms with E-state index in [2.05, 4.69) is 20.3 Å². The summed E-state index contributed by atoms with van der Waals surface area (Å²) in [6, 6.07) is 12.7. The van der Waals surface area contributed by atoms with Crippen LogP contribution in [0.3, 0.4) is 0 Å². The minimum atomic E-state index is -0.279. The number of nitrogens with zero attached hydrogens (tertiary/aromatic N) is 2. The van der Waals surface area contributed by atoms with Crippen molar-refractivity contribution >= 4 is 17.7 Å². The Bertz CT molecular complexity index is 992. The Kier molecular flexibility index (Phi) is 6.80. The van der Waals surface area contributed by atoms with E-state index in [1.807, 2.05) is 36.4 Å². The Labute approximate surface area is 166 Å². The van der Waals surface area contributed by atoms with Crippen LogP contribution in [-0.4, -0.2) is 28.0 Å². The first-order valence-electron chi connectivity index (χ1n) is 8.64. The molecule has 0 unspecified atom stereocenters. The third-order valence-corrected chi connectivity index (χ3v) is 4.78. The number of amides is 1. The van der Waals surface area contributed by atoms with Crippen LogP contribution in [0.5, 0.6) is 5.75 Å². The second-order valence-electron chi connectivity index (χ2n) is 6.00. The van der Waals surface area contributed by atoms with Gasteiger partial charge in [0.15, 0.2) is 5.16 Å². The van der Waals surface area contributed by atoms with E-state index in [4.69, 9.17) is 4.74 Å². The van der Waals surface area contributed by atoms with E-state index in [1.165, 1.54) is 17.8 Å². The maximum atomic E-state index is 12.2. The normalized spacial score (nSPS) is 10.5. The quantitative estimate of drug-likeness (QED) is 0.448. The second kappa shape index (κ2) is 9.70. The highest BCUT2D eigenvalue weighted by atomic mass is 32.2. The highest BCUT2D eigenvalue weighted by molar-refractivity contribution is 7.98. The maximum absolute atomic E-state index is 12.2. The van der Waals surface area contributed by atoms with Crippen molar-refractivity contribution in [1.82, 2.24) is 20.3 Å². The number of carbonyl (C=O) groups excluding carboxylic acids is 1. The molecule has 0 aliphatic heterocycles. The van der Waals surface area contributed by atoms with Crippen LogP contribution in [0.2, 0.25) is 0 Å². The van der Waals surface area contributed by atoms with Gasteiger partial charge in [-0.25, -0.2) is 4.98 Å². The van der Waals surface area contributed by atoms with Gasteiger partial charge in [-0.3, -0.25) is 14.6 Å². The first-order valence-corrected chi connectivity index (χ1v) is 9.62. The molecule has 28 heavy (non-hydrogen) atoms. The Balaban J connectivity index is 1.59. The lowest BCUT2D eigenvalue weighted by Gasteiger charge is -2.07. The first-order chi connectivity index (χ1) is 13.6. The van der Waals surface area contributed by atoms with Crippen LogP contribution in [0.4, 0.5) is 0 Å². The second-order valence-corrected chi connectivity index (χ2v) is 6.96. The van der Waals surface area contributed by atoms with Crippen molar-refractivity contribution in [2.24, 2.45) is 0 Å². The number of aromatic amines is 1. The van der Waals surface area contributed by atoms with E-state index < -0.39 is 0 Å². The molecule has 7 nitrogen and oxygen atoms in total. The summed E-state index contributed by atoms with van der Waals surface area (Å²) in [5.41, 5.74) is 2.11. The molecular weight excluding hydrogens is 376 g/mol. The largest absolute Gasteiger partial charge is 0.497 e. The predicted octanol–water partition coefficient (Wildman–Crippen LogP) is 2.32. The molecule has 2 heterocycles. The van der Waals surface area contributed by atoms with Crippen LogP contribution in [0.15, 0.2) is 64.8 Å². The average molecular weight is 396 g/mol. The summed E-state index contributed by atoms with van der Waals surface area (Å²) in [7, 11) is 1.62. The molecule has 144 valence electrons. The molecule has 0 aliphatic carbocycles. The van der Waals surface area contributed by atoms with Gasteiger partial charge in [0, 0.05) is 30.8 Å². The zero-order valence-electron chi connectivity index (χ0n) is 15.3. The van der Waals surface area contributed by atoms with Crippen LogP contribution in [0.25, 0.3) is 0 Å². The number of ether oxygens (including phenoxy) is 1. The number of hydrogen-bond acceptors (Lipinski definition) is 6. The van der Waals surface area contributed by atoms with Gasteiger partial charge < -0.3 is 15.0 Å². The van der Waals surface area contributed by atoms with E-state index >= 15 is 0 Å². The zero-order chi connectivity index (χ0) is 19.8. The van der Waals surface area contributed by atoms with Crippen molar-refractivity contribution in [3.05, 3.63) is 82.0 Å². The van der Waals surface area contributed by atoms with Gasteiger partial charge in [-0.05, 0) is 29.3 Å².